The molecular formula is C23H23N3O3S. The van der Waals surface area contributed by atoms with E-state index in [-0.39, 0.29) is 24.9 Å². The maximum absolute atomic E-state index is 13.0. The normalized spacial score (nSPS) is 18.8. The van der Waals surface area contributed by atoms with Gasteiger partial charge in [-0.05, 0) is 41.8 Å². The highest BCUT2D eigenvalue weighted by Crippen LogP contribution is 2.43. The number of benzene rings is 2. The zero-order valence-corrected chi connectivity index (χ0v) is 17.6. The average molecular weight is 422 g/mol. The first-order valence-corrected chi connectivity index (χ1v) is 10.8. The molecule has 2 aliphatic heterocycles. The minimum Gasteiger partial charge on any atom is -0.497 e. The number of anilines is 1. The van der Waals surface area contributed by atoms with Crippen LogP contribution in [0.15, 0.2) is 59.1 Å². The molecule has 1 unspecified atom stereocenters. The topological polar surface area (TPSA) is 76.8 Å². The third-order valence-electron chi connectivity index (χ3n) is 5.51. The summed E-state index contributed by atoms with van der Waals surface area (Å²) in [4.78, 5) is 16.9. The highest BCUT2D eigenvalue weighted by molar-refractivity contribution is 8.03. The lowest BCUT2D eigenvalue weighted by molar-refractivity contribution is -0.129. The van der Waals surface area contributed by atoms with Crippen LogP contribution in [0.4, 0.5) is 5.69 Å². The summed E-state index contributed by atoms with van der Waals surface area (Å²) in [5, 5.41) is 19.7. The Hall–Kier alpha value is -2.95. The van der Waals surface area contributed by atoms with Gasteiger partial charge in [0, 0.05) is 24.6 Å². The van der Waals surface area contributed by atoms with Gasteiger partial charge in [0.1, 0.15) is 5.75 Å². The fraction of sp³-hybridized carbons (Fsp3) is 0.304. The fourth-order valence-corrected chi connectivity index (χ4v) is 5.02. The molecule has 0 spiro atoms. The first kappa shape index (κ1) is 20.3. The molecule has 0 radical (unpaired) electrons. The molecule has 1 N–H and O–H groups in total. The number of nitriles is 1. The van der Waals surface area contributed by atoms with E-state index in [1.165, 1.54) is 11.8 Å². The number of hydrogen-bond donors (Lipinski definition) is 1. The first-order valence-electron chi connectivity index (χ1n) is 9.80. The van der Waals surface area contributed by atoms with Crippen LogP contribution >= 0.6 is 11.8 Å². The molecule has 0 aliphatic carbocycles. The molecule has 6 nitrogen and oxygen atoms in total. The summed E-state index contributed by atoms with van der Waals surface area (Å²) >= 11 is 1.53. The van der Waals surface area contributed by atoms with E-state index in [2.05, 4.69) is 11.0 Å². The van der Waals surface area contributed by atoms with Crippen molar-refractivity contribution in [1.29, 1.82) is 5.26 Å². The average Bonchev–Trinajstić information content (AvgIpc) is 2.79. The van der Waals surface area contributed by atoms with Crippen LogP contribution in [0, 0.1) is 11.3 Å². The smallest absolute Gasteiger partial charge is 0.229 e. The Morgan fingerprint density at radius 3 is 2.57 bits per heavy atom. The van der Waals surface area contributed by atoms with Gasteiger partial charge in [-0.2, -0.15) is 5.26 Å². The van der Waals surface area contributed by atoms with Gasteiger partial charge >= 0.3 is 0 Å². The van der Waals surface area contributed by atoms with E-state index in [4.69, 9.17) is 9.84 Å². The maximum atomic E-state index is 13.0. The number of fused-ring (bicyclic) bond motifs is 1. The van der Waals surface area contributed by atoms with Gasteiger partial charge in [-0.3, -0.25) is 9.69 Å². The van der Waals surface area contributed by atoms with Gasteiger partial charge < -0.3 is 14.7 Å². The summed E-state index contributed by atoms with van der Waals surface area (Å²) in [5.41, 5.74) is 3.71. The summed E-state index contributed by atoms with van der Waals surface area (Å²) in [6.45, 7) is 0.558. The zero-order valence-electron chi connectivity index (χ0n) is 16.7. The Labute approximate surface area is 180 Å². The molecule has 0 bridgehead atoms. The third-order valence-corrected chi connectivity index (χ3v) is 6.67. The van der Waals surface area contributed by atoms with Gasteiger partial charge in [0.2, 0.25) is 5.91 Å². The van der Waals surface area contributed by atoms with Gasteiger partial charge in [0.05, 0.1) is 36.3 Å². The van der Waals surface area contributed by atoms with Gasteiger partial charge in [-0.25, -0.2) is 0 Å². The van der Waals surface area contributed by atoms with Crippen LogP contribution in [0.2, 0.25) is 0 Å². The van der Waals surface area contributed by atoms with E-state index < -0.39 is 0 Å². The molecule has 30 heavy (non-hydrogen) atoms. The third kappa shape index (κ3) is 3.89. The van der Waals surface area contributed by atoms with Crippen molar-refractivity contribution in [3.63, 3.8) is 0 Å². The lowest BCUT2D eigenvalue weighted by Gasteiger charge is -2.42. The lowest BCUT2D eigenvalue weighted by atomic mass is 9.86. The van der Waals surface area contributed by atoms with E-state index >= 15 is 0 Å². The number of hydrogen-bond acceptors (Lipinski definition) is 6. The minimum atomic E-state index is -0.225. The molecule has 2 aromatic rings. The number of ether oxygens (including phenoxy) is 1. The van der Waals surface area contributed by atoms with E-state index in [1.54, 1.807) is 12.0 Å². The number of aliphatic hydroxyl groups excluding tert-OH is 1. The van der Waals surface area contributed by atoms with E-state index in [0.717, 1.165) is 27.6 Å². The van der Waals surface area contributed by atoms with E-state index in [0.29, 0.717) is 24.5 Å². The summed E-state index contributed by atoms with van der Waals surface area (Å²) < 4.78 is 5.22. The van der Waals surface area contributed by atoms with Crippen molar-refractivity contribution in [2.24, 2.45) is 0 Å². The zero-order chi connectivity index (χ0) is 21.1. The van der Waals surface area contributed by atoms with Crippen LogP contribution in [0.25, 0.3) is 0 Å². The Morgan fingerprint density at radius 1 is 1.20 bits per heavy atom. The molecule has 1 fully saturated rings. The van der Waals surface area contributed by atoms with Crippen LogP contribution < -0.4 is 9.64 Å². The van der Waals surface area contributed by atoms with Crippen LogP contribution in [-0.2, 0) is 11.2 Å². The van der Waals surface area contributed by atoms with Gasteiger partial charge in [0.15, 0.2) is 0 Å². The number of carbonyl (C=O) groups excluding carboxylic acids is 1. The highest BCUT2D eigenvalue weighted by atomic mass is 32.2. The number of rotatable bonds is 5. The summed E-state index contributed by atoms with van der Waals surface area (Å²) in [7, 11) is 1.62. The van der Waals surface area contributed by atoms with E-state index in [9.17, 15) is 10.1 Å². The summed E-state index contributed by atoms with van der Waals surface area (Å²) in [6, 6.07) is 18.0. The SMILES string of the molecule is COc1ccc(C2CC(=O)N3CN(c4ccc(CCO)cc4)CSC3=C2C#N)cc1. The molecule has 7 heteroatoms. The minimum absolute atomic E-state index is 0.0268. The Morgan fingerprint density at radius 2 is 1.93 bits per heavy atom. The highest BCUT2D eigenvalue weighted by Gasteiger charge is 2.38. The number of nitrogens with zero attached hydrogens (tertiary/aromatic N) is 3. The van der Waals surface area contributed by atoms with Crippen molar-refractivity contribution in [3.8, 4) is 11.8 Å². The number of aliphatic hydroxyl groups is 1. The predicted molar refractivity (Wildman–Crippen MR) is 117 cm³/mol. The quantitative estimate of drug-likeness (QED) is 0.797. The van der Waals surface area contributed by atoms with Crippen molar-refractivity contribution in [2.45, 2.75) is 18.8 Å². The molecule has 4 rings (SSSR count). The Kier molecular flexibility index (Phi) is 5.98. The molecule has 2 aromatic carbocycles. The molecule has 2 aliphatic rings. The molecule has 1 amide bonds. The Bertz CT molecular complexity index is 996. The Balaban J connectivity index is 1.58. The van der Waals surface area contributed by atoms with Crippen LogP contribution in [0.1, 0.15) is 23.5 Å². The van der Waals surface area contributed by atoms with Crippen molar-refractivity contribution < 1.29 is 14.6 Å². The second-order valence-corrected chi connectivity index (χ2v) is 8.21. The monoisotopic (exact) mass is 421 g/mol. The predicted octanol–water partition coefficient (Wildman–Crippen LogP) is 3.45. The number of carbonyl (C=O) groups is 1. The number of allylic oxidation sites excluding steroid dienone is 1. The largest absolute Gasteiger partial charge is 0.497 e. The number of thioether (sulfide) groups is 1. The number of amides is 1. The first-order chi connectivity index (χ1) is 14.6. The molecule has 1 saturated heterocycles. The second kappa shape index (κ2) is 8.82. The van der Waals surface area contributed by atoms with Crippen LogP contribution in [0.3, 0.4) is 0 Å². The molecular weight excluding hydrogens is 398 g/mol. The van der Waals surface area contributed by atoms with Crippen LogP contribution in [0.5, 0.6) is 5.75 Å². The maximum Gasteiger partial charge on any atom is 0.229 e. The van der Waals surface area contributed by atoms with E-state index in [1.807, 2.05) is 48.5 Å². The molecule has 0 saturated carbocycles. The molecule has 0 aromatic heterocycles. The van der Waals surface area contributed by atoms with Crippen LogP contribution in [-0.4, -0.2) is 42.2 Å². The number of methoxy groups -OCH3 is 1. The molecule has 2 heterocycles. The van der Waals surface area contributed by atoms with Gasteiger partial charge in [-0.15, -0.1) is 0 Å². The summed E-state index contributed by atoms with van der Waals surface area (Å²) in [6.07, 6.45) is 0.910. The standard InChI is InChI=1S/C23H23N3O3S/c1-29-19-8-4-17(5-9-19)20-12-22(28)26-14-25(15-30-23(26)21(20)13-24)18-6-2-16(3-7-18)10-11-27/h2-9,20,27H,10-12,14-15H2,1H3. The van der Waals surface area contributed by atoms with Crippen molar-refractivity contribution in [3.05, 3.63) is 70.3 Å². The fourth-order valence-electron chi connectivity index (χ4n) is 3.85. The second-order valence-electron chi connectivity index (χ2n) is 7.28. The van der Waals surface area contributed by atoms with Gasteiger partial charge in [-0.1, -0.05) is 36.0 Å². The lowest BCUT2D eigenvalue weighted by Crippen LogP contribution is -2.47. The van der Waals surface area contributed by atoms with Crippen molar-refractivity contribution in [1.82, 2.24) is 4.90 Å². The van der Waals surface area contributed by atoms with Crippen molar-refractivity contribution >= 4 is 23.4 Å². The molecule has 154 valence electrons. The summed E-state index contributed by atoms with van der Waals surface area (Å²) in [5.74, 6) is 1.22. The van der Waals surface area contributed by atoms with Crippen molar-refractivity contribution in [2.75, 3.05) is 31.2 Å². The van der Waals surface area contributed by atoms with Gasteiger partial charge in [0.25, 0.3) is 0 Å². The molecule has 1 atom stereocenters.